The molecule has 1 fully saturated rings. The third kappa shape index (κ3) is 4.66. The molecule has 1 aromatic rings. The average Bonchev–Trinajstić information content (AvgIpc) is 2.51. The SMILES string of the molecule is Cc1ccc(=O)n(CC(=O)NC(CCO)C2CCCCC2)n1. The van der Waals surface area contributed by atoms with Gasteiger partial charge in [0, 0.05) is 18.7 Å². The summed E-state index contributed by atoms with van der Waals surface area (Å²) in [7, 11) is 0. The predicted octanol–water partition coefficient (Wildman–Crippen LogP) is 0.999. The molecule has 1 amide bonds. The summed E-state index contributed by atoms with van der Waals surface area (Å²) < 4.78 is 1.18. The van der Waals surface area contributed by atoms with Gasteiger partial charge in [-0.2, -0.15) is 5.10 Å². The van der Waals surface area contributed by atoms with Crippen molar-refractivity contribution in [2.45, 2.75) is 58.0 Å². The van der Waals surface area contributed by atoms with E-state index in [2.05, 4.69) is 10.4 Å². The molecule has 0 saturated heterocycles. The van der Waals surface area contributed by atoms with Crippen LogP contribution in [-0.4, -0.2) is 33.4 Å². The number of aliphatic hydroxyl groups excluding tert-OH is 1. The molecule has 1 aliphatic rings. The fourth-order valence-electron chi connectivity index (χ4n) is 3.15. The van der Waals surface area contributed by atoms with Gasteiger partial charge in [-0.1, -0.05) is 19.3 Å². The van der Waals surface area contributed by atoms with Crippen molar-refractivity contribution in [1.82, 2.24) is 15.1 Å². The smallest absolute Gasteiger partial charge is 0.267 e. The third-order valence-electron chi connectivity index (χ3n) is 4.30. The number of nitrogens with one attached hydrogen (secondary N) is 1. The van der Waals surface area contributed by atoms with Gasteiger partial charge in [-0.15, -0.1) is 0 Å². The molecule has 1 unspecified atom stereocenters. The highest BCUT2D eigenvalue weighted by molar-refractivity contribution is 5.75. The molecule has 6 heteroatoms. The van der Waals surface area contributed by atoms with E-state index in [1.807, 2.05) is 0 Å². The van der Waals surface area contributed by atoms with Gasteiger partial charge >= 0.3 is 0 Å². The Morgan fingerprint density at radius 1 is 1.41 bits per heavy atom. The van der Waals surface area contributed by atoms with Gasteiger partial charge in [-0.25, -0.2) is 4.68 Å². The summed E-state index contributed by atoms with van der Waals surface area (Å²) in [5, 5.41) is 16.3. The molecule has 1 aromatic heterocycles. The summed E-state index contributed by atoms with van der Waals surface area (Å²) in [6.07, 6.45) is 6.36. The normalized spacial score (nSPS) is 17.2. The first kappa shape index (κ1) is 16.7. The monoisotopic (exact) mass is 307 g/mol. The minimum absolute atomic E-state index is 0.0155. The van der Waals surface area contributed by atoms with Crippen molar-refractivity contribution in [3.8, 4) is 0 Å². The molecular weight excluding hydrogens is 282 g/mol. The first-order chi connectivity index (χ1) is 10.6. The highest BCUT2D eigenvalue weighted by Gasteiger charge is 2.24. The van der Waals surface area contributed by atoms with E-state index < -0.39 is 0 Å². The number of amides is 1. The van der Waals surface area contributed by atoms with Crippen LogP contribution in [0, 0.1) is 12.8 Å². The molecule has 0 aromatic carbocycles. The van der Waals surface area contributed by atoms with Gasteiger partial charge in [-0.3, -0.25) is 9.59 Å². The number of hydrogen-bond acceptors (Lipinski definition) is 4. The molecule has 1 heterocycles. The number of carbonyl (C=O) groups is 1. The van der Waals surface area contributed by atoms with Crippen molar-refractivity contribution in [2.75, 3.05) is 6.61 Å². The lowest BCUT2D eigenvalue weighted by Gasteiger charge is -2.30. The van der Waals surface area contributed by atoms with Crippen LogP contribution in [0.25, 0.3) is 0 Å². The van der Waals surface area contributed by atoms with Gasteiger partial charge in [0.1, 0.15) is 6.54 Å². The van der Waals surface area contributed by atoms with Crippen molar-refractivity contribution in [2.24, 2.45) is 5.92 Å². The van der Waals surface area contributed by atoms with Crippen LogP contribution in [-0.2, 0) is 11.3 Å². The molecular formula is C16H25N3O3. The number of carbonyl (C=O) groups excluding carboxylic acids is 1. The maximum Gasteiger partial charge on any atom is 0.267 e. The summed E-state index contributed by atoms with van der Waals surface area (Å²) in [5.74, 6) is 0.205. The molecule has 22 heavy (non-hydrogen) atoms. The minimum Gasteiger partial charge on any atom is -0.396 e. The largest absolute Gasteiger partial charge is 0.396 e. The quantitative estimate of drug-likeness (QED) is 0.821. The minimum atomic E-state index is -0.280. The van der Waals surface area contributed by atoms with Gasteiger partial charge in [-0.05, 0) is 38.2 Å². The standard InChI is InChI=1S/C16H25N3O3/c1-12-7-8-16(22)19(18-12)11-15(21)17-14(9-10-20)13-5-3-2-4-6-13/h7-8,13-14,20H,2-6,9-11H2,1H3,(H,17,21). The zero-order valence-corrected chi connectivity index (χ0v) is 13.1. The van der Waals surface area contributed by atoms with Crippen LogP contribution >= 0.6 is 0 Å². The van der Waals surface area contributed by atoms with Gasteiger partial charge in [0.15, 0.2) is 0 Å². The zero-order chi connectivity index (χ0) is 15.9. The van der Waals surface area contributed by atoms with Crippen molar-refractivity contribution in [3.05, 3.63) is 28.2 Å². The Kier molecular flexibility index (Phi) is 6.12. The Morgan fingerprint density at radius 3 is 2.82 bits per heavy atom. The second-order valence-corrected chi connectivity index (χ2v) is 6.05. The van der Waals surface area contributed by atoms with Crippen LogP contribution < -0.4 is 10.9 Å². The average molecular weight is 307 g/mol. The van der Waals surface area contributed by atoms with E-state index >= 15 is 0 Å². The Bertz CT molecular complexity index is 550. The first-order valence-electron chi connectivity index (χ1n) is 8.05. The summed E-state index contributed by atoms with van der Waals surface area (Å²) in [4.78, 5) is 23.9. The maximum atomic E-state index is 12.2. The highest BCUT2D eigenvalue weighted by atomic mass is 16.3. The van der Waals surface area contributed by atoms with E-state index in [-0.39, 0.29) is 30.7 Å². The molecule has 1 saturated carbocycles. The van der Waals surface area contributed by atoms with E-state index in [0.29, 0.717) is 18.0 Å². The fraction of sp³-hybridized carbons (Fsp3) is 0.688. The van der Waals surface area contributed by atoms with Crippen molar-refractivity contribution >= 4 is 5.91 Å². The van der Waals surface area contributed by atoms with Crippen LogP contribution in [0.2, 0.25) is 0 Å². The number of aliphatic hydroxyl groups is 1. The lowest BCUT2D eigenvalue weighted by molar-refractivity contribution is -0.123. The molecule has 0 spiro atoms. The Morgan fingerprint density at radius 2 is 2.14 bits per heavy atom. The van der Waals surface area contributed by atoms with Gasteiger partial charge in [0.25, 0.3) is 5.56 Å². The maximum absolute atomic E-state index is 12.2. The second kappa shape index (κ2) is 8.08. The second-order valence-electron chi connectivity index (χ2n) is 6.05. The predicted molar refractivity (Wildman–Crippen MR) is 83.4 cm³/mol. The molecule has 122 valence electrons. The summed E-state index contributed by atoms with van der Waals surface area (Å²) in [5.41, 5.74) is 0.420. The Hall–Kier alpha value is -1.69. The van der Waals surface area contributed by atoms with E-state index in [0.717, 1.165) is 12.8 Å². The molecule has 1 aliphatic carbocycles. The molecule has 0 aliphatic heterocycles. The van der Waals surface area contributed by atoms with Gasteiger partial charge < -0.3 is 10.4 Å². The van der Waals surface area contributed by atoms with E-state index in [1.54, 1.807) is 13.0 Å². The highest BCUT2D eigenvalue weighted by Crippen LogP contribution is 2.27. The number of rotatable bonds is 6. The van der Waals surface area contributed by atoms with Gasteiger partial charge in [0.05, 0.1) is 5.69 Å². The van der Waals surface area contributed by atoms with Crippen molar-refractivity contribution < 1.29 is 9.90 Å². The summed E-state index contributed by atoms with van der Waals surface area (Å²) in [6, 6.07) is 3.04. The lowest BCUT2D eigenvalue weighted by Crippen LogP contribution is -2.44. The number of aryl methyl sites for hydroxylation is 1. The molecule has 1 atom stereocenters. The Balaban J connectivity index is 1.98. The number of aromatic nitrogens is 2. The van der Waals surface area contributed by atoms with Crippen LogP contribution in [0.1, 0.15) is 44.2 Å². The lowest BCUT2D eigenvalue weighted by atomic mass is 9.82. The molecule has 6 nitrogen and oxygen atoms in total. The molecule has 2 N–H and O–H groups in total. The number of hydrogen-bond donors (Lipinski definition) is 2. The first-order valence-corrected chi connectivity index (χ1v) is 8.05. The van der Waals surface area contributed by atoms with Crippen LogP contribution in [0.4, 0.5) is 0 Å². The molecule has 0 bridgehead atoms. The zero-order valence-electron chi connectivity index (χ0n) is 13.1. The Labute approximate surface area is 130 Å². The number of nitrogens with zero attached hydrogens (tertiary/aromatic N) is 2. The third-order valence-corrected chi connectivity index (χ3v) is 4.30. The van der Waals surface area contributed by atoms with Crippen LogP contribution in [0.3, 0.4) is 0 Å². The molecule has 0 radical (unpaired) electrons. The van der Waals surface area contributed by atoms with Crippen molar-refractivity contribution in [1.29, 1.82) is 0 Å². The van der Waals surface area contributed by atoms with Gasteiger partial charge in [0.2, 0.25) is 5.91 Å². The molecule has 2 rings (SSSR count). The van der Waals surface area contributed by atoms with E-state index in [4.69, 9.17) is 0 Å². The fourth-order valence-corrected chi connectivity index (χ4v) is 3.15. The van der Waals surface area contributed by atoms with E-state index in [1.165, 1.54) is 30.0 Å². The summed E-state index contributed by atoms with van der Waals surface area (Å²) >= 11 is 0. The topological polar surface area (TPSA) is 84.2 Å². The van der Waals surface area contributed by atoms with Crippen LogP contribution in [0.5, 0.6) is 0 Å². The van der Waals surface area contributed by atoms with Crippen molar-refractivity contribution in [3.63, 3.8) is 0 Å². The summed E-state index contributed by atoms with van der Waals surface area (Å²) in [6.45, 7) is 1.77. The van der Waals surface area contributed by atoms with E-state index in [9.17, 15) is 14.7 Å². The van der Waals surface area contributed by atoms with Crippen LogP contribution in [0.15, 0.2) is 16.9 Å².